The summed E-state index contributed by atoms with van der Waals surface area (Å²) in [6.07, 6.45) is 0.674. The molecular formula is C21H23F2N3O3. The summed E-state index contributed by atoms with van der Waals surface area (Å²) in [4.78, 5) is 28.1. The van der Waals surface area contributed by atoms with E-state index in [1.807, 2.05) is 13.0 Å². The number of halogens is 2. The largest absolute Gasteiger partial charge is 0.375 e. The summed E-state index contributed by atoms with van der Waals surface area (Å²) in [5, 5.41) is 2.77. The minimum Gasteiger partial charge on any atom is -0.375 e. The molecule has 1 aliphatic heterocycles. The van der Waals surface area contributed by atoms with Gasteiger partial charge in [0.05, 0.1) is 17.9 Å². The molecule has 0 aromatic heterocycles. The summed E-state index contributed by atoms with van der Waals surface area (Å²) in [7, 11) is 1.43. The number of amides is 3. The Bertz CT molecular complexity index is 920. The molecule has 2 aromatic carbocycles. The van der Waals surface area contributed by atoms with Crippen molar-refractivity contribution in [2.45, 2.75) is 19.9 Å². The number of benzene rings is 2. The van der Waals surface area contributed by atoms with Gasteiger partial charge >= 0.3 is 6.03 Å². The van der Waals surface area contributed by atoms with E-state index in [2.05, 4.69) is 5.32 Å². The number of methoxy groups -OCH3 is 1. The highest BCUT2D eigenvalue weighted by atomic mass is 19.1. The van der Waals surface area contributed by atoms with Gasteiger partial charge in [-0.05, 0) is 37.1 Å². The van der Waals surface area contributed by atoms with Crippen molar-refractivity contribution in [3.05, 3.63) is 59.2 Å². The quantitative estimate of drug-likeness (QED) is 0.800. The van der Waals surface area contributed by atoms with Crippen LogP contribution in [0.1, 0.15) is 17.5 Å². The Morgan fingerprint density at radius 1 is 1.17 bits per heavy atom. The Balaban J connectivity index is 1.83. The molecule has 8 heteroatoms. The van der Waals surface area contributed by atoms with E-state index in [0.717, 1.165) is 11.6 Å². The molecule has 0 aliphatic carbocycles. The van der Waals surface area contributed by atoms with E-state index in [1.165, 1.54) is 24.1 Å². The molecule has 2 aromatic rings. The molecular weight excluding hydrogens is 380 g/mol. The van der Waals surface area contributed by atoms with E-state index >= 15 is 0 Å². The van der Waals surface area contributed by atoms with Crippen LogP contribution >= 0.6 is 0 Å². The zero-order chi connectivity index (χ0) is 21.0. The van der Waals surface area contributed by atoms with Crippen molar-refractivity contribution in [2.75, 3.05) is 37.0 Å². The molecule has 154 valence electrons. The topological polar surface area (TPSA) is 61.9 Å². The van der Waals surface area contributed by atoms with Gasteiger partial charge in [0, 0.05) is 31.8 Å². The summed E-state index contributed by atoms with van der Waals surface area (Å²) in [6, 6.07) is 8.45. The van der Waals surface area contributed by atoms with Crippen molar-refractivity contribution in [3.63, 3.8) is 0 Å². The van der Waals surface area contributed by atoms with Crippen LogP contribution in [0.3, 0.4) is 0 Å². The maximum atomic E-state index is 14.0. The second-order valence-corrected chi connectivity index (χ2v) is 6.95. The molecule has 0 radical (unpaired) electrons. The second-order valence-electron chi connectivity index (χ2n) is 6.95. The van der Waals surface area contributed by atoms with Crippen LogP contribution in [0, 0.1) is 18.6 Å². The van der Waals surface area contributed by atoms with Crippen LogP contribution in [0.15, 0.2) is 36.4 Å². The number of nitrogens with zero attached hydrogens (tertiary/aromatic N) is 2. The first-order chi connectivity index (χ1) is 13.9. The number of urea groups is 1. The minimum atomic E-state index is -0.683. The third kappa shape index (κ3) is 4.89. The van der Waals surface area contributed by atoms with Gasteiger partial charge in [0.2, 0.25) is 5.91 Å². The maximum absolute atomic E-state index is 14.0. The van der Waals surface area contributed by atoms with Crippen molar-refractivity contribution in [3.8, 4) is 0 Å². The van der Waals surface area contributed by atoms with E-state index < -0.39 is 11.6 Å². The van der Waals surface area contributed by atoms with Crippen molar-refractivity contribution in [1.82, 2.24) is 4.90 Å². The van der Waals surface area contributed by atoms with Crippen molar-refractivity contribution >= 4 is 23.3 Å². The Kier molecular flexibility index (Phi) is 6.43. The fourth-order valence-corrected chi connectivity index (χ4v) is 3.31. The van der Waals surface area contributed by atoms with Crippen molar-refractivity contribution in [1.29, 1.82) is 0 Å². The van der Waals surface area contributed by atoms with Gasteiger partial charge in [-0.3, -0.25) is 9.69 Å². The monoisotopic (exact) mass is 403 g/mol. The first kappa shape index (κ1) is 20.7. The molecule has 1 heterocycles. The van der Waals surface area contributed by atoms with Crippen LogP contribution in [0.5, 0.6) is 0 Å². The van der Waals surface area contributed by atoms with Crippen molar-refractivity contribution < 1.29 is 23.1 Å². The van der Waals surface area contributed by atoms with E-state index in [4.69, 9.17) is 4.74 Å². The molecule has 1 N–H and O–H groups in total. The lowest BCUT2D eigenvalue weighted by atomic mass is 10.1. The standard InChI is InChI=1S/C21H23F2N3O3/c1-14-4-7-19(18(10-14)24-20(27)13-29-2)26-9-3-8-25(21(26)28)12-15-5-6-16(22)11-17(15)23/h4-7,10-11H,3,8-9,12-13H2,1-2H3,(H,24,27). The molecule has 29 heavy (non-hydrogen) atoms. The number of carbonyl (C=O) groups excluding carboxylic acids is 2. The third-order valence-electron chi connectivity index (χ3n) is 4.68. The molecule has 1 fully saturated rings. The van der Waals surface area contributed by atoms with Gasteiger partial charge in [0.15, 0.2) is 0 Å². The molecule has 0 spiro atoms. The molecule has 3 rings (SSSR count). The molecule has 1 saturated heterocycles. The number of hydrogen-bond acceptors (Lipinski definition) is 3. The van der Waals surface area contributed by atoms with Crippen LogP contribution < -0.4 is 10.2 Å². The summed E-state index contributed by atoms with van der Waals surface area (Å²) in [5.74, 6) is -1.67. The predicted molar refractivity (Wildman–Crippen MR) is 106 cm³/mol. The molecule has 0 saturated carbocycles. The van der Waals surface area contributed by atoms with Crippen LogP contribution in [-0.2, 0) is 16.1 Å². The molecule has 0 unspecified atom stereocenters. The van der Waals surface area contributed by atoms with E-state index in [9.17, 15) is 18.4 Å². The van der Waals surface area contributed by atoms with Gasteiger partial charge in [0.1, 0.15) is 18.2 Å². The van der Waals surface area contributed by atoms with Crippen LogP contribution in [0.25, 0.3) is 0 Å². The fourth-order valence-electron chi connectivity index (χ4n) is 3.31. The SMILES string of the molecule is COCC(=O)Nc1cc(C)ccc1N1CCCN(Cc2ccc(F)cc2F)C1=O. The predicted octanol–water partition coefficient (Wildman–Crippen LogP) is 3.69. The lowest BCUT2D eigenvalue weighted by Gasteiger charge is -2.36. The summed E-state index contributed by atoms with van der Waals surface area (Å²) >= 11 is 0. The summed E-state index contributed by atoms with van der Waals surface area (Å²) in [6.45, 7) is 2.76. The van der Waals surface area contributed by atoms with Gasteiger partial charge in [-0.1, -0.05) is 12.1 Å². The third-order valence-corrected chi connectivity index (χ3v) is 4.68. The van der Waals surface area contributed by atoms with Gasteiger partial charge in [-0.25, -0.2) is 13.6 Å². The first-order valence-electron chi connectivity index (χ1n) is 9.29. The van der Waals surface area contributed by atoms with Gasteiger partial charge in [-0.15, -0.1) is 0 Å². The highest BCUT2D eigenvalue weighted by Crippen LogP contribution is 2.30. The number of anilines is 2. The lowest BCUT2D eigenvalue weighted by molar-refractivity contribution is -0.119. The lowest BCUT2D eigenvalue weighted by Crippen LogP contribution is -2.49. The highest BCUT2D eigenvalue weighted by molar-refractivity contribution is 6.01. The Hall–Kier alpha value is -3.00. The Labute approximate surface area is 168 Å². The van der Waals surface area contributed by atoms with E-state index in [-0.39, 0.29) is 30.7 Å². The highest BCUT2D eigenvalue weighted by Gasteiger charge is 2.29. The minimum absolute atomic E-state index is 0.0404. The maximum Gasteiger partial charge on any atom is 0.324 e. The molecule has 1 aliphatic rings. The number of carbonyl (C=O) groups is 2. The number of aryl methyl sites for hydroxylation is 1. The van der Waals surface area contributed by atoms with E-state index in [0.29, 0.717) is 30.9 Å². The molecule has 0 bridgehead atoms. The summed E-state index contributed by atoms with van der Waals surface area (Å²) < 4.78 is 32.0. The van der Waals surface area contributed by atoms with Gasteiger partial charge in [-0.2, -0.15) is 0 Å². The smallest absolute Gasteiger partial charge is 0.324 e. The fraction of sp³-hybridized carbons (Fsp3) is 0.333. The van der Waals surface area contributed by atoms with E-state index in [1.54, 1.807) is 17.0 Å². The molecule has 0 atom stereocenters. The Morgan fingerprint density at radius 2 is 1.97 bits per heavy atom. The van der Waals surface area contributed by atoms with Crippen molar-refractivity contribution in [2.24, 2.45) is 0 Å². The number of nitrogens with one attached hydrogen (secondary N) is 1. The average Bonchev–Trinajstić information content (AvgIpc) is 2.66. The van der Waals surface area contributed by atoms with Crippen LogP contribution in [0.2, 0.25) is 0 Å². The number of rotatable bonds is 6. The normalized spacial score (nSPS) is 14.3. The molecule has 3 amide bonds. The first-order valence-corrected chi connectivity index (χ1v) is 9.29. The Morgan fingerprint density at radius 3 is 2.69 bits per heavy atom. The van der Waals surface area contributed by atoms with Gasteiger partial charge in [0.25, 0.3) is 0 Å². The summed E-state index contributed by atoms with van der Waals surface area (Å²) in [5.41, 5.74) is 2.25. The molecule has 6 nitrogen and oxygen atoms in total. The van der Waals surface area contributed by atoms with Crippen LogP contribution in [0.4, 0.5) is 25.0 Å². The average molecular weight is 403 g/mol. The van der Waals surface area contributed by atoms with Gasteiger partial charge < -0.3 is 15.0 Å². The zero-order valence-electron chi connectivity index (χ0n) is 16.4. The number of ether oxygens (including phenoxy) is 1. The zero-order valence-corrected chi connectivity index (χ0v) is 16.4. The second kappa shape index (κ2) is 9.00. The van der Waals surface area contributed by atoms with Crippen LogP contribution in [-0.4, -0.2) is 43.6 Å². The number of hydrogen-bond donors (Lipinski definition) is 1.